The second-order valence-electron chi connectivity index (χ2n) is 4.50. The molecule has 2 aromatic rings. The van der Waals surface area contributed by atoms with Gasteiger partial charge in [-0.15, -0.1) is 0 Å². The van der Waals surface area contributed by atoms with Gasteiger partial charge in [-0.2, -0.15) is 0 Å². The normalized spacial score (nSPS) is 11.3. The smallest absolute Gasteiger partial charge is 0.240 e. The molecule has 0 aliphatic heterocycles. The largest absolute Gasteiger partial charge is 0.494 e. The topological polar surface area (TPSA) is 68.3 Å². The highest BCUT2D eigenvalue weighted by atomic mass is 32.2. The van der Waals surface area contributed by atoms with Crippen LogP contribution in [0.5, 0.6) is 5.75 Å². The molecule has 112 valence electrons. The fraction of sp³-hybridized carbons (Fsp3) is 0.267. The Kier molecular flexibility index (Phi) is 5.30. The SMILES string of the molecule is CCCOc1ccc(S(=O)(=O)NCc2ccncc2)cc1. The van der Waals surface area contributed by atoms with Gasteiger partial charge in [0.25, 0.3) is 0 Å². The van der Waals surface area contributed by atoms with Gasteiger partial charge in [0.2, 0.25) is 10.0 Å². The molecule has 0 saturated carbocycles. The quantitative estimate of drug-likeness (QED) is 0.852. The molecule has 1 N–H and O–H groups in total. The van der Waals surface area contributed by atoms with Crippen LogP contribution in [0.25, 0.3) is 0 Å². The lowest BCUT2D eigenvalue weighted by Crippen LogP contribution is -2.23. The molecule has 0 aliphatic rings. The first kappa shape index (κ1) is 15.5. The summed E-state index contributed by atoms with van der Waals surface area (Å²) in [6.07, 6.45) is 4.17. The summed E-state index contributed by atoms with van der Waals surface area (Å²) >= 11 is 0. The summed E-state index contributed by atoms with van der Waals surface area (Å²) < 4.78 is 32.3. The Labute approximate surface area is 125 Å². The summed E-state index contributed by atoms with van der Waals surface area (Å²) in [5.74, 6) is 0.671. The van der Waals surface area contributed by atoms with Gasteiger partial charge < -0.3 is 4.74 Å². The van der Waals surface area contributed by atoms with Gasteiger partial charge in [-0.25, -0.2) is 13.1 Å². The van der Waals surface area contributed by atoms with Crippen molar-refractivity contribution in [1.82, 2.24) is 9.71 Å². The van der Waals surface area contributed by atoms with Crippen LogP contribution < -0.4 is 9.46 Å². The number of rotatable bonds is 7. The van der Waals surface area contributed by atoms with Crippen molar-refractivity contribution in [3.63, 3.8) is 0 Å². The van der Waals surface area contributed by atoms with E-state index >= 15 is 0 Å². The van der Waals surface area contributed by atoms with E-state index < -0.39 is 10.0 Å². The molecule has 21 heavy (non-hydrogen) atoms. The number of nitrogens with zero attached hydrogens (tertiary/aromatic N) is 1. The van der Waals surface area contributed by atoms with Gasteiger partial charge in [0.05, 0.1) is 11.5 Å². The number of pyridine rings is 1. The highest BCUT2D eigenvalue weighted by Crippen LogP contribution is 2.16. The van der Waals surface area contributed by atoms with Crippen molar-refractivity contribution in [2.45, 2.75) is 24.8 Å². The Balaban J connectivity index is 2.02. The van der Waals surface area contributed by atoms with E-state index in [-0.39, 0.29) is 11.4 Å². The lowest BCUT2D eigenvalue weighted by Gasteiger charge is -2.08. The lowest BCUT2D eigenvalue weighted by atomic mass is 10.3. The van der Waals surface area contributed by atoms with Crippen LogP contribution in [-0.4, -0.2) is 20.0 Å². The van der Waals surface area contributed by atoms with Crippen LogP contribution in [0.4, 0.5) is 0 Å². The van der Waals surface area contributed by atoms with Gasteiger partial charge in [-0.05, 0) is 48.4 Å². The van der Waals surface area contributed by atoms with E-state index in [1.807, 2.05) is 6.92 Å². The molecule has 1 aromatic carbocycles. The Morgan fingerprint density at radius 1 is 1.10 bits per heavy atom. The second-order valence-corrected chi connectivity index (χ2v) is 6.27. The van der Waals surface area contributed by atoms with Crippen molar-refractivity contribution in [1.29, 1.82) is 0 Å². The summed E-state index contributed by atoms with van der Waals surface area (Å²) in [6, 6.07) is 9.95. The van der Waals surface area contributed by atoms with Crippen LogP contribution in [0.3, 0.4) is 0 Å². The fourth-order valence-corrected chi connectivity index (χ4v) is 2.71. The number of aromatic nitrogens is 1. The molecule has 0 amide bonds. The fourth-order valence-electron chi connectivity index (χ4n) is 1.70. The molecule has 1 aromatic heterocycles. The maximum absolute atomic E-state index is 12.2. The van der Waals surface area contributed by atoms with E-state index in [4.69, 9.17) is 4.74 Å². The molecule has 0 unspecified atom stereocenters. The molecule has 1 heterocycles. The molecule has 5 nitrogen and oxygen atoms in total. The van der Waals surface area contributed by atoms with Crippen molar-refractivity contribution in [2.75, 3.05) is 6.61 Å². The molecule has 0 radical (unpaired) electrons. The zero-order valence-electron chi connectivity index (χ0n) is 11.8. The van der Waals surface area contributed by atoms with Crippen molar-refractivity contribution in [3.8, 4) is 5.75 Å². The molecule has 2 rings (SSSR count). The van der Waals surface area contributed by atoms with Gasteiger partial charge in [-0.1, -0.05) is 6.92 Å². The highest BCUT2D eigenvalue weighted by molar-refractivity contribution is 7.89. The molecule has 0 saturated heterocycles. The third kappa shape index (κ3) is 4.54. The van der Waals surface area contributed by atoms with E-state index in [0.717, 1.165) is 12.0 Å². The first-order valence-corrected chi connectivity index (χ1v) is 8.21. The van der Waals surface area contributed by atoms with Gasteiger partial charge in [0.15, 0.2) is 0 Å². The van der Waals surface area contributed by atoms with Crippen LogP contribution in [-0.2, 0) is 16.6 Å². The van der Waals surface area contributed by atoms with Gasteiger partial charge in [0.1, 0.15) is 5.75 Å². The van der Waals surface area contributed by atoms with Crippen molar-refractivity contribution in [3.05, 3.63) is 54.4 Å². The van der Waals surface area contributed by atoms with E-state index in [1.165, 1.54) is 0 Å². The standard InChI is InChI=1S/C15H18N2O3S/c1-2-11-20-14-3-5-15(6-4-14)21(18,19)17-12-13-7-9-16-10-8-13/h3-10,17H,2,11-12H2,1H3. The molecule has 0 bridgehead atoms. The average molecular weight is 306 g/mol. The molecular weight excluding hydrogens is 288 g/mol. The first-order valence-electron chi connectivity index (χ1n) is 6.73. The molecular formula is C15H18N2O3S. The van der Waals surface area contributed by atoms with Gasteiger partial charge in [0, 0.05) is 18.9 Å². The zero-order valence-corrected chi connectivity index (χ0v) is 12.6. The monoisotopic (exact) mass is 306 g/mol. The zero-order chi connectivity index (χ0) is 15.1. The predicted molar refractivity (Wildman–Crippen MR) is 80.5 cm³/mol. The van der Waals surface area contributed by atoms with Gasteiger partial charge >= 0.3 is 0 Å². The minimum Gasteiger partial charge on any atom is -0.494 e. The van der Waals surface area contributed by atoms with Crippen molar-refractivity contribution < 1.29 is 13.2 Å². The average Bonchev–Trinajstić information content (AvgIpc) is 2.52. The van der Waals surface area contributed by atoms with E-state index in [2.05, 4.69) is 9.71 Å². The maximum Gasteiger partial charge on any atom is 0.240 e. The van der Waals surface area contributed by atoms with Crippen LogP contribution in [0.2, 0.25) is 0 Å². The molecule has 0 atom stereocenters. The second kappa shape index (κ2) is 7.19. The van der Waals surface area contributed by atoms with Crippen molar-refractivity contribution in [2.24, 2.45) is 0 Å². The summed E-state index contributed by atoms with van der Waals surface area (Å²) in [5.41, 5.74) is 0.858. The summed E-state index contributed by atoms with van der Waals surface area (Å²) in [5, 5.41) is 0. The minimum absolute atomic E-state index is 0.223. The summed E-state index contributed by atoms with van der Waals surface area (Å²) in [7, 11) is -3.52. The number of hydrogen-bond acceptors (Lipinski definition) is 4. The highest BCUT2D eigenvalue weighted by Gasteiger charge is 2.13. The van der Waals surface area contributed by atoms with E-state index in [9.17, 15) is 8.42 Å². The number of hydrogen-bond donors (Lipinski definition) is 1. The molecule has 0 aliphatic carbocycles. The Bertz CT molecular complexity index is 655. The minimum atomic E-state index is -3.52. The Morgan fingerprint density at radius 3 is 2.38 bits per heavy atom. The molecule has 0 spiro atoms. The van der Waals surface area contributed by atoms with Gasteiger partial charge in [-0.3, -0.25) is 4.98 Å². The number of sulfonamides is 1. The number of ether oxygens (including phenoxy) is 1. The summed E-state index contributed by atoms with van der Waals surface area (Å²) in [6.45, 7) is 2.87. The number of nitrogens with one attached hydrogen (secondary N) is 1. The number of benzene rings is 1. The first-order chi connectivity index (χ1) is 10.1. The van der Waals surface area contributed by atoms with Crippen LogP contribution >= 0.6 is 0 Å². The molecule has 0 fully saturated rings. The van der Waals surface area contributed by atoms with E-state index in [1.54, 1.807) is 48.8 Å². The third-order valence-corrected chi connectivity index (χ3v) is 4.24. The molecule has 6 heteroatoms. The van der Waals surface area contributed by atoms with Crippen LogP contribution in [0.1, 0.15) is 18.9 Å². The summed E-state index contributed by atoms with van der Waals surface area (Å²) in [4.78, 5) is 4.11. The van der Waals surface area contributed by atoms with E-state index in [0.29, 0.717) is 12.4 Å². The maximum atomic E-state index is 12.2. The lowest BCUT2D eigenvalue weighted by molar-refractivity contribution is 0.317. The van der Waals surface area contributed by atoms with Crippen LogP contribution in [0.15, 0.2) is 53.7 Å². The van der Waals surface area contributed by atoms with Crippen molar-refractivity contribution >= 4 is 10.0 Å². The third-order valence-electron chi connectivity index (χ3n) is 2.82. The Morgan fingerprint density at radius 2 is 1.76 bits per heavy atom. The Hall–Kier alpha value is -1.92. The predicted octanol–water partition coefficient (Wildman–Crippen LogP) is 2.35. The van der Waals surface area contributed by atoms with Crippen LogP contribution in [0, 0.1) is 0 Å².